The topological polar surface area (TPSA) is 85.1 Å². The molecule has 0 aliphatic heterocycles. The molecule has 0 saturated heterocycles. The van der Waals surface area contributed by atoms with Crippen molar-refractivity contribution < 1.29 is 4.79 Å². The smallest absolute Gasteiger partial charge is 0.250 e. The Morgan fingerprint density at radius 2 is 1.79 bits per heavy atom. The van der Waals surface area contributed by atoms with Gasteiger partial charge in [0.2, 0.25) is 0 Å². The standard InChI is InChI=1S/C23H19BrN6OS2/c1-32-20-8-2-16(3-9-20)14-26-27-21(31)15-33-23-29-28-22(17-10-12-25-13-11-17)30(23)19-6-4-18(24)5-7-19/h2-14H,15H2,1H3,(H,27,31)/b26-14-. The van der Waals surface area contributed by atoms with E-state index < -0.39 is 0 Å². The Labute approximate surface area is 208 Å². The van der Waals surface area contributed by atoms with Crippen LogP contribution in [0.5, 0.6) is 0 Å². The maximum atomic E-state index is 12.4. The molecular formula is C23H19BrN6OS2. The number of carbonyl (C=O) groups is 1. The summed E-state index contributed by atoms with van der Waals surface area (Å²) >= 11 is 6.44. The van der Waals surface area contributed by atoms with Gasteiger partial charge >= 0.3 is 0 Å². The second kappa shape index (κ2) is 11.3. The SMILES string of the molecule is CSc1ccc(/C=N\NC(=O)CSc2nnc(-c3ccncc3)n2-c2ccc(Br)cc2)cc1. The first-order valence-corrected chi connectivity index (χ1v) is 12.8. The van der Waals surface area contributed by atoms with Crippen molar-refractivity contribution >= 4 is 51.6 Å². The third-order valence-electron chi connectivity index (χ3n) is 4.51. The Morgan fingerprint density at radius 1 is 1.06 bits per heavy atom. The van der Waals surface area contributed by atoms with E-state index in [0.717, 1.165) is 21.3 Å². The summed E-state index contributed by atoms with van der Waals surface area (Å²) in [5, 5.41) is 13.4. The molecule has 7 nitrogen and oxygen atoms in total. The number of halogens is 1. The van der Waals surface area contributed by atoms with E-state index in [1.165, 1.54) is 16.7 Å². The molecule has 0 atom stereocenters. The van der Waals surface area contributed by atoms with Gasteiger partial charge in [0.1, 0.15) is 0 Å². The maximum Gasteiger partial charge on any atom is 0.250 e. The highest BCUT2D eigenvalue weighted by Gasteiger charge is 2.17. The van der Waals surface area contributed by atoms with Crippen LogP contribution in [0.3, 0.4) is 0 Å². The minimum Gasteiger partial charge on any atom is -0.272 e. The summed E-state index contributed by atoms with van der Waals surface area (Å²) in [7, 11) is 0. The summed E-state index contributed by atoms with van der Waals surface area (Å²) in [6.07, 6.45) is 7.07. The van der Waals surface area contributed by atoms with Gasteiger partial charge in [-0.15, -0.1) is 22.0 Å². The summed E-state index contributed by atoms with van der Waals surface area (Å²) in [5.41, 5.74) is 5.26. The van der Waals surface area contributed by atoms with E-state index >= 15 is 0 Å². The quantitative estimate of drug-likeness (QED) is 0.192. The van der Waals surface area contributed by atoms with Gasteiger partial charge in [-0.2, -0.15) is 5.10 Å². The molecule has 0 fully saturated rings. The van der Waals surface area contributed by atoms with Gasteiger partial charge in [-0.1, -0.05) is 39.8 Å². The molecule has 4 aromatic rings. The summed E-state index contributed by atoms with van der Waals surface area (Å²) in [6.45, 7) is 0. The van der Waals surface area contributed by atoms with Crippen molar-refractivity contribution in [3.8, 4) is 17.1 Å². The van der Waals surface area contributed by atoms with Crippen molar-refractivity contribution in [2.45, 2.75) is 10.1 Å². The molecule has 0 bridgehead atoms. The van der Waals surface area contributed by atoms with Crippen LogP contribution in [0, 0.1) is 0 Å². The van der Waals surface area contributed by atoms with Gasteiger partial charge in [0.25, 0.3) is 5.91 Å². The van der Waals surface area contributed by atoms with E-state index in [-0.39, 0.29) is 11.7 Å². The van der Waals surface area contributed by atoms with E-state index in [0.29, 0.717) is 11.0 Å². The fraction of sp³-hybridized carbons (Fsp3) is 0.0870. The number of pyridine rings is 1. The van der Waals surface area contributed by atoms with Gasteiger partial charge in [0, 0.05) is 33.0 Å². The average Bonchev–Trinajstić information content (AvgIpc) is 3.28. The molecule has 0 unspecified atom stereocenters. The number of hydrogen-bond acceptors (Lipinski definition) is 7. The van der Waals surface area contributed by atoms with E-state index in [4.69, 9.17) is 0 Å². The van der Waals surface area contributed by atoms with E-state index in [9.17, 15) is 4.79 Å². The van der Waals surface area contributed by atoms with Crippen LogP contribution < -0.4 is 5.43 Å². The normalized spacial score (nSPS) is 11.1. The number of thioether (sulfide) groups is 2. The van der Waals surface area contributed by atoms with Gasteiger partial charge in [0.05, 0.1) is 12.0 Å². The van der Waals surface area contributed by atoms with Crippen LogP contribution in [0.25, 0.3) is 17.1 Å². The number of amides is 1. The molecule has 166 valence electrons. The van der Waals surface area contributed by atoms with Crippen LogP contribution in [-0.2, 0) is 4.79 Å². The van der Waals surface area contributed by atoms with Crippen molar-refractivity contribution in [2.75, 3.05) is 12.0 Å². The molecule has 2 aromatic heterocycles. The van der Waals surface area contributed by atoms with Crippen molar-refractivity contribution in [3.63, 3.8) is 0 Å². The molecule has 0 spiro atoms. The molecule has 2 aromatic carbocycles. The molecular weight excluding hydrogens is 520 g/mol. The summed E-state index contributed by atoms with van der Waals surface area (Å²) < 4.78 is 2.90. The minimum absolute atomic E-state index is 0.147. The number of aromatic nitrogens is 4. The van der Waals surface area contributed by atoms with Crippen molar-refractivity contribution in [1.82, 2.24) is 25.2 Å². The third-order valence-corrected chi connectivity index (χ3v) is 6.71. The zero-order chi connectivity index (χ0) is 23.0. The molecule has 0 radical (unpaired) electrons. The van der Waals surface area contributed by atoms with Gasteiger partial charge in [-0.05, 0) is 60.4 Å². The summed E-state index contributed by atoms with van der Waals surface area (Å²) in [6, 6.07) is 19.5. The highest BCUT2D eigenvalue weighted by molar-refractivity contribution is 9.10. The van der Waals surface area contributed by atoms with Crippen LogP contribution in [0.2, 0.25) is 0 Å². The molecule has 10 heteroatoms. The molecule has 4 rings (SSSR count). The Kier molecular flexibility index (Phi) is 7.92. The predicted molar refractivity (Wildman–Crippen MR) is 137 cm³/mol. The lowest BCUT2D eigenvalue weighted by molar-refractivity contribution is -0.118. The lowest BCUT2D eigenvalue weighted by atomic mass is 10.2. The summed E-state index contributed by atoms with van der Waals surface area (Å²) in [5.74, 6) is 0.593. The molecule has 1 amide bonds. The van der Waals surface area contributed by atoms with Crippen molar-refractivity contribution in [3.05, 3.63) is 83.1 Å². The van der Waals surface area contributed by atoms with E-state index in [1.54, 1.807) is 30.4 Å². The predicted octanol–water partition coefficient (Wildman–Crippen LogP) is 5.06. The lowest BCUT2D eigenvalue weighted by Crippen LogP contribution is -2.20. The average molecular weight is 539 g/mol. The van der Waals surface area contributed by atoms with Crippen LogP contribution >= 0.6 is 39.5 Å². The molecule has 0 saturated carbocycles. The zero-order valence-corrected chi connectivity index (χ0v) is 20.8. The first kappa shape index (κ1) is 23.2. The first-order valence-electron chi connectivity index (χ1n) is 9.84. The van der Waals surface area contributed by atoms with Gasteiger partial charge in [-0.25, -0.2) is 5.43 Å². The van der Waals surface area contributed by atoms with E-state index in [2.05, 4.69) is 41.6 Å². The monoisotopic (exact) mass is 538 g/mol. The largest absolute Gasteiger partial charge is 0.272 e. The fourth-order valence-electron chi connectivity index (χ4n) is 2.91. The number of carbonyl (C=O) groups excluding carboxylic acids is 1. The Bertz CT molecular complexity index is 1240. The number of benzene rings is 2. The molecule has 0 aliphatic carbocycles. The molecule has 2 heterocycles. The van der Waals surface area contributed by atoms with Crippen LogP contribution in [0.1, 0.15) is 5.56 Å². The highest BCUT2D eigenvalue weighted by atomic mass is 79.9. The van der Waals surface area contributed by atoms with Crippen molar-refractivity contribution in [2.24, 2.45) is 5.10 Å². The number of rotatable bonds is 8. The second-order valence-electron chi connectivity index (χ2n) is 6.71. The molecule has 33 heavy (non-hydrogen) atoms. The molecule has 0 aliphatic rings. The Hall–Kier alpha value is -2.95. The maximum absolute atomic E-state index is 12.4. The minimum atomic E-state index is -0.229. The van der Waals surface area contributed by atoms with Gasteiger partial charge in [0.15, 0.2) is 11.0 Å². The Morgan fingerprint density at radius 3 is 2.48 bits per heavy atom. The van der Waals surface area contributed by atoms with Gasteiger partial charge < -0.3 is 0 Å². The number of nitrogens with one attached hydrogen (secondary N) is 1. The molecule has 1 N–H and O–H groups in total. The number of hydrogen-bond donors (Lipinski definition) is 1. The van der Waals surface area contributed by atoms with Crippen LogP contribution in [0.4, 0.5) is 0 Å². The number of hydrazone groups is 1. The first-order chi connectivity index (χ1) is 16.1. The van der Waals surface area contributed by atoms with Crippen LogP contribution in [0.15, 0.2) is 92.7 Å². The Balaban J connectivity index is 1.47. The van der Waals surface area contributed by atoms with Crippen molar-refractivity contribution in [1.29, 1.82) is 0 Å². The number of nitrogens with zero attached hydrogens (tertiary/aromatic N) is 5. The van der Waals surface area contributed by atoms with Gasteiger partial charge in [-0.3, -0.25) is 14.3 Å². The fourth-order valence-corrected chi connectivity index (χ4v) is 4.32. The van der Waals surface area contributed by atoms with E-state index in [1.807, 2.05) is 71.5 Å². The second-order valence-corrected chi connectivity index (χ2v) is 9.45. The lowest BCUT2D eigenvalue weighted by Gasteiger charge is -2.10. The summed E-state index contributed by atoms with van der Waals surface area (Å²) in [4.78, 5) is 17.6. The van der Waals surface area contributed by atoms with Crippen LogP contribution in [-0.4, -0.2) is 43.9 Å². The third kappa shape index (κ3) is 6.10. The highest BCUT2D eigenvalue weighted by Crippen LogP contribution is 2.28. The zero-order valence-electron chi connectivity index (χ0n) is 17.6.